The zero-order valence-corrected chi connectivity index (χ0v) is 10.9. The Kier molecular flexibility index (Phi) is 5.05. The highest BCUT2D eigenvalue weighted by Crippen LogP contribution is 2.30. The second-order valence-corrected chi connectivity index (χ2v) is 3.98. The topological polar surface area (TPSA) is 81.5 Å². The van der Waals surface area contributed by atoms with Crippen molar-refractivity contribution in [2.24, 2.45) is 0 Å². The van der Waals surface area contributed by atoms with E-state index < -0.39 is 10.8 Å². The third-order valence-corrected chi connectivity index (χ3v) is 2.27. The summed E-state index contributed by atoms with van der Waals surface area (Å²) in [5, 5.41) is 13.5. The van der Waals surface area contributed by atoms with E-state index in [1.807, 2.05) is 0 Å². The van der Waals surface area contributed by atoms with Crippen LogP contribution in [-0.4, -0.2) is 24.0 Å². The molecule has 0 radical (unpaired) electrons. The Labute approximate surface area is 111 Å². The fraction of sp³-hybridized carbons (Fsp3) is 0.308. The lowest BCUT2D eigenvalue weighted by Gasteiger charge is -2.10. The maximum atomic E-state index is 12.0. The van der Waals surface area contributed by atoms with Gasteiger partial charge >= 0.3 is 5.69 Å². The second-order valence-electron chi connectivity index (χ2n) is 3.98. The van der Waals surface area contributed by atoms with Gasteiger partial charge in [-0.1, -0.05) is 18.2 Å². The van der Waals surface area contributed by atoms with E-state index in [1.54, 1.807) is 13.8 Å². The summed E-state index contributed by atoms with van der Waals surface area (Å²) < 4.78 is 5.23. The first-order valence-corrected chi connectivity index (χ1v) is 5.80. The van der Waals surface area contributed by atoms with Crippen LogP contribution in [0.25, 0.3) is 0 Å². The largest absolute Gasteiger partial charge is 0.487 e. The van der Waals surface area contributed by atoms with Crippen molar-refractivity contribution < 1.29 is 14.5 Å². The van der Waals surface area contributed by atoms with Crippen molar-refractivity contribution in [3.8, 4) is 5.75 Å². The number of nitro benzene ring substituents is 1. The van der Waals surface area contributed by atoms with Gasteiger partial charge in [-0.2, -0.15) is 0 Å². The van der Waals surface area contributed by atoms with Gasteiger partial charge in [-0.15, -0.1) is 0 Å². The van der Waals surface area contributed by atoms with Crippen LogP contribution in [-0.2, 0) is 0 Å². The minimum Gasteiger partial charge on any atom is -0.487 e. The van der Waals surface area contributed by atoms with Gasteiger partial charge in [0.2, 0.25) is 5.75 Å². The highest BCUT2D eigenvalue weighted by molar-refractivity contribution is 5.98. The average Bonchev–Trinajstić information content (AvgIpc) is 2.36. The van der Waals surface area contributed by atoms with E-state index in [4.69, 9.17) is 4.74 Å². The van der Waals surface area contributed by atoms with E-state index in [0.717, 1.165) is 5.57 Å². The third kappa shape index (κ3) is 3.80. The minimum absolute atomic E-state index is 0.00536. The molecule has 0 unspecified atom stereocenters. The molecule has 1 N–H and O–H groups in total. The summed E-state index contributed by atoms with van der Waals surface area (Å²) in [4.78, 5) is 22.3. The molecule has 1 aromatic carbocycles. The second kappa shape index (κ2) is 6.53. The van der Waals surface area contributed by atoms with Gasteiger partial charge in [-0.25, -0.2) is 0 Å². The summed E-state index contributed by atoms with van der Waals surface area (Å²) in [6, 6.07) is 4.25. The monoisotopic (exact) mass is 264 g/mol. The van der Waals surface area contributed by atoms with Gasteiger partial charge in [0.25, 0.3) is 5.91 Å². The summed E-state index contributed by atoms with van der Waals surface area (Å²) in [6.45, 7) is 7.70. The Morgan fingerprint density at radius 1 is 1.53 bits per heavy atom. The van der Waals surface area contributed by atoms with E-state index in [0.29, 0.717) is 6.54 Å². The van der Waals surface area contributed by atoms with Crippen molar-refractivity contribution in [2.75, 3.05) is 13.2 Å². The molecule has 0 aromatic heterocycles. The van der Waals surface area contributed by atoms with Crippen LogP contribution in [0.1, 0.15) is 24.2 Å². The highest BCUT2D eigenvalue weighted by Gasteiger charge is 2.22. The Bertz CT molecular complexity index is 511. The summed E-state index contributed by atoms with van der Waals surface area (Å²) in [7, 11) is 0. The lowest BCUT2D eigenvalue weighted by atomic mass is 10.1. The molecule has 1 amide bonds. The number of nitro groups is 1. The normalized spacial score (nSPS) is 9.79. The van der Waals surface area contributed by atoms with E-state index in [-0.39, 0.29) is 23.6 Å². The summed E-state index contributed by atoms with van der Waals surface area (Å²) in [5.74, 6) is -0.427. The van der Waals surface area contributed by atoms with Crippen LogP contribution in [0.3, 0.4) is 0 Å². The summed E-state index contributed by atoms with van der Waals surface area (Å²) >= 11 is 0. The molecule has 102 valence electrons. The maximum absolute atomic E-state index is 12.0. The molecular weight excluding hydrogens is 248 g/mol. The van der Waals surface area contributed by atoms with Crippen LogP contribution in [0, 0.1) is 10.1 Å². The van der Waals surface area contributed by atoms with Gasteiger partial charge < -0.3 is 10.1 Å². The Morgan fingerprint density at radius 2 is 2.21 bits per heavy atom. The number of rotatable bonds is 6. The van der Waals surface area contributed by atoms with Gasteiger partial charge in [0.05, 0.1) is 17.1 Å². The van der Waals surface area contributed by atoms with Crippen molar-refractivity contribution in [1.29, 1.82) is 0 Å². The Balaban J connectivity index is 3.11. The van der Waals surface area contributed by atoms with E-state index in [1.165, 1.54) is 18.2 Å². The number of benzene rings is 1. The number of amides is 1. The van der Waals surface area contributed by atoms with Crippen molar-refractivity contribution in [3.63, 3.8) is 0 Å². The van der Waals surface area contributed by atoms with E-state index in [9.17, 15) is 14.9 Å². The average molecular weight is 264 g/mol. The standard InChI is InChI=1S/C13H16N2O4/c1-4-19-12-10(13(16)14-8-9(2)3)6-5-7-11(12)15(17)18/h5-7H,2,4,8H2,1,3H3,(H,14,16). The molecule has 0 aliphatic rings. The molecule has 0 bridgehead atoms. The lowest BCUT2D eigenvalue weighted by Crippen LogP contribution is -2.25. The number of hydrogen-bond donors (Lipinski definition) is 1. The molecule has 0 aliphatic carbocycles. The SMILES string of the molecule is C=C(C)CNC(=O)c1cccc([N+](=O)[O-])c1OCC. The van der Waals surface area contributed by atoms with Gasteiger partial charge in [-0.3, -0.25) is 14.9 Å². The van der Waals surface area contributed by atoms with Crippen LogP contribution in [0.2, 0.25) is 0 Å². The molecule has 6 heteroatoms. The number of nitrogens with one attached hydrogen (secondary N) is 1. The molecule has 0 aliphatic heterocycles. The highest BCUT2D eigenvalue weighted by atomic mass is 16.6. The van der Waals surface area contributed by atoms with Gasteiger partial charge in [0.15, 0.2) is 0 Å². The first-order chi connectivity index (χ1) is 8.97. The lowest BCUT2D eigenvalue weighted by molar-refractivity contribution is -0.385. The van der Waals surface area contributed by atoms with Gasteiger partial charge in [-0.05, 0) is 19.9 Å². The predicted molar refractivity (Wildman–Crippen MR) is 71.4 cm³/mol. The fourth-order valence-corrected chi connectivity index (χ4v) is 1.47. The number of hydrogen-bond acceptors (Lipinski definition) is 4. The first-order valence-electron chi connectivity index (χ1n) is 5.80. The van der Waals surface area contributed by atoms with Crippen molar-refractivity contribution in [2.45, 2.75) is 13.8 Å². The third-order valence-electron chi connectivity index (χ3n) is 2.27. The Hall–Kier alpha value is -2.37. The fourth-order valence-electron chi connectivity index (χ4n) is 1.47. The van der Waals surface area contributed by atoms with Crippen LogP contribution in [0.5, 0.6) is 5.75 Å². The summed E-state index contributed by atoms with van der Waals surface area (Å²) in [5.41, 5.74) is 0.721. The van der Waals surface area contributed by atoms with Crippen molar-refractivity contribution in [1.82, 2.24) is 5.32 Å². The van der Waals surface area contributed by atoms with Crippen LogP contribution < -0.4 is 10.1 Å². The molecule has 19 heavy (non-hydrogen) atoms. The van der Waals surface area contributed by atoms with Crippen LogP contribution in [0.15, 0.2) is 30.4 Å². The number of para-hydroxylation sites is 1. The van der Waals surface area contributed by atoms with Crippen LogP contribution in [0.4, 0.5) is 5.69 Å². The molecule has 0 heterocycles. The van der Waals surface area contributed by atoms with Gasteiger partial charge in [0, 0.05) is 12.6 Å². The zero-order chi connectivity index (χ0) is 14.4. The maximum Gasteiger partial charge on any atom is 0.311 e. The molecule has 0 saturated heterocycles. The molecule has 0 saturated carbocycles. The van der Waals surface area contributed by atoms with E-state index in [2.05, 4.69) is 11.9 Å². The molecule has 1 rings (SSSR count). The van der Waals surface area contributed by atoms with Crippen molar-refractivity contribution in [3.05, 3.63) is 46.0 Å². The summed E-state index contributed by atoms with van der Waals surface area (Å²) in [6.07, 6.45) is 0. The Morgan fingerprint density at radius 3 is 2.74 bits per heavy atom. The quantitative estimate of drug-likeness (QED) is 0.485. The molecule has 0 fully saturated rings. The molecule has 0 atom stereocenters. The minimum atomic E-state index is -0.569. The number of carbonyl (C=O) groups excluding carboxylic acids is 1. The number of ether oxygens (including phenoxy) is 1. The van der Waals surface area contributed by atoms with Crippen LogP contribution >= 0.6 is 0 Å². The molecule has 6 nitrogen and oxygen atoms in total. The van der Waals surface area contributed by atoms with Crippen molar-refractivity contribution >= 4 is 11.6 Å². The smallest absolute Gasteiger partial charge is 0.311 e. The predicted octanol–water partition coefficient (Wildman–Crippen LogP) is 2.30. The molecule has 0 spiro atoms. The zero-order valence-electron chi connectivity index (χ0n) is 10.9. The molecule has 1 aromatic rings. The van der Waals surface area contributed by atoms with E-state index >= 15 is 0 Å². The first kappa shape index (κ1) is 14.7. The number of nitrogens with zero attached hydrogens (tertiary/aromatic N) is 1. The van der Waals surface area contributed by atoms with Gasteiger partial charge in [0.1, 0.15) is 0 Å². The molecular formula is C13H16N2O4. The number of carbonyl (C=O) groups is 1.